The van der Waals surface area contributed by atoms with E-state index >= 15 is 0 Å². The van der Waals surface area contributed by atoms with Crippen molar-refractivity contribution in [2.24, 2.45) is 0 Å². The predicted molar refractivity (Wildman–Crippen MR) is 147 cm³/mol. The van der Waals surface area contributed by atoms with Crippen molar-refractivity contribution >= 4 is 22.3 Å². The molecule has 0 aliphatic carbocycles. The molecule has 1 aromatic carbocycles. The second-order valence-corrected chi connectivity index (χ2v) is 10.1. The summed E-state index contributed by atoms with van der Waals surface area (Å²) in [5.74, 6) is 0.789. The number of pyridine rings is 2. The van der Waals surface area contributed by atoms with E-state index in [1.807, 2.05) is 71.6 Å². The third-order valence-electron chi connectivity index (χ3n) is 7.29. The number of carbonyl (C=O) groups is 1. The highest BCUT2D eigenvalue weighted by Gasteiger charge is 2.18. The van der Waals surface area contributed by atoms with Crippen LogP contribution < -0.4 is 4.74 Å². The average molecular weight is 509 g/mol. The van der Waals surface area contributed by atoms with E-state index in [9.17, 15) is 4.79 Å². The van der Waals surface area contributed by atoms with Crippen molar-refractivity contribution in [3.05, 3.63) is 89.3 Å². The Labute approximate surface area is 221 Å². The second kappa shape index (κ2) is 10.4. The van der Waals surface area contributed by atoms with Gasteiger partial charge in [-0.15, -0.1) is 0 Å². The number of Topliss-reactive ketones (excluding diaryl/α,β-unsaturated/α-hetero) is 1. The van der Waals surface area contributed by atoms with Gasteiger partial charge in [-0.2, -0.15) is 5.10 Å². The summed E-state index contributed by atoms with van der Waals surface area (Å²) in [5, 5.41) is 5.81. The van der Waals surface area contributed by atoms with Gasteiger partial charge in [-0.25, -0.2) is 4.98 Å². The molecule has 194 valence electrons. The Hall–Kier alpha value is -4.04. The quantitative estimate of drug-likeness (QED) is 0.270. The van der Waals surface area contributed by atoms with Gasteiger partial charge in [-0.3, -0.25) is 23.8 Å². The SMILES string of the molecule is Cc1cccc(Cn2nc(C)c3c(CC(=O)c4cnc5cc(OCCN6CCCC6)ccn45)cccc32)n1. The molecule has 0 N–H and O–H groups in total. The van der Waals surface area contributed by atoms with Crippen LogP contribution in [0.25, 0.3) is 16.6 Å². The highest BCUT2D eigenvalue weighted by molar-refractivity contribution is 5.99. The van der Waals surface area contributed by atoms with E-state index in [-0.39, 0.29) is 12.2 Å². The molecule has 0 bridgehead atoms. The van der Waals surface area contributed by atoms with Crippen LogP contribution >= 0.6 is 0 Å². The molecule has 1 saturated heterocycles. The van der Waals surface area contributed by atoms with Crippen LogP contribution in [0.2, 0.25) is 0 Å². The van der Waals surface area contributed by atoms with E-state index in [0.717, 1.165) is 58.9 Å². The molecular formula is C30H32N6O2. The maximum absolute atomic E-state index is 13.4. The molecule has 6 rings (SSSR count). The lowest BCUT2D eigenvalue weighted by Gasteiger charge is -2.15. The van der Waals surface area contributed by atoms with Crippen LogP contribution in [-0.2, 0) is 13.0 Å². The summed E-state index contributed by atoms with van der Waals surface area (Å²) in [5.41, 5.74) is 6.09. The van der Waals surface area contributed by atoms with Gasteiger partial charge in [0.1, 0.15) is 23.7 Å². The molecule has 5 aromatic rings. The van der Waals surface area contributed by atoms with Crippen LogP contribution in [0.15, 0.2) is 60.9 Å². The van der Waals surface area contributed by atoms with Crippen LogP contribution in [0.4, 0.5) is 0 Å². The number of ketones is 1. The standard InChI is InChI=1S/C30H32N6O2/c1-21-7-5-9-24(32-21)20-36-26-10-6-8-23(30(26)22(2)33-36)17-28(37)27-19-31-29-18-25(11-14-35(27)29)38-16-15-34-12-3-4-13-34/h5-11,14,18-19H,3-4,12-13,15-17,20H2,1-2H3. The predicted octanol–water partition coefficient (Wildman–Crippen LogP) is 4.64. The lowest BCUT2D eigenvalue weighted by molar-refractivity contribution is 0.0987. The van der Waals surface area contributed by atoms with Gasteiger partial charge in [-0.05, 0) is 69.6 Å². The van der Waals surface area contributed by atoms with Gasteiger partial charge in [-0.1, -0.05) is 18.2 Å². The zero-order valence-corrected chi connectivity index (χ0v) is 21.9. The molecule has 0 amide bonds. The van der Waals surface area contributed by atoms with Gasteiger partial charge in [0.2, 0.25) is 0 Å². The Bertz CT molecular complexity index is 1610. The topological polar surface area (TPSA) is 77.6 Å². The molecule has 8 nitrogen and oxygen atoms in total. The zero-order valence-electron chi connectivity index (χ0n) is 21.9. The Kier molecular flexibility index (Phi) is 6.64. The van der Waals surface area contributed by atoms with Crippen molar-refractivity contribution in [2.75, 3.05) is 26.2 Å². The number of nitrogens with zero attached hydrogens (tertiary/aromatic N) is 6. The van der Waals surface area contributed by atoms with E-state index in [1.54, 1.807) is 6.20 Å². The first kappa shape index (κ1) is 24.3. The molecule has 1 aliphatic rings. The fraction of sp³-hybridized carbons (Fsp3) is 0.333. The number of rotatable bonds is 9. The van der Waals surface area contributed by atoms with E-state index in [2.05, 4.69) is 20.9 Å². The fourth-order valence-corrected chi connectivity index (χ4v) is 5.43. The summed E-state index contributed by atoms with van der Waals surface area (Å²) in [6, 6.07) is 15.9. The number of benzene rings is 1. The number of ether oxygens (including phenoxy) is 1. The summed E-state index contributed by atoms with van der Waals surface area (Å²) in [6.45, 7) is 8.47. The van der Waals surface area contributed by atoms with Gasteiger partial charge in [0.15, 0.2) is 5.78 Å². The highest BCUT2D eigenvalue weighted by Crippen LogP contribution is 2.25. The third-order valence-corrected chi connectivity index (χ3v) is 7.29. The van der Waals surface area contributed by atoms with Gasteiger partial charge < -0.3 is 4.74 Å². The molecule has 0 atom stereocenters. The molecule has 5 heterocycles. The van der Waals surface area contributed by atoms with Crippen LogP contribution in [0.1, 0.15) is 46.0 Å². The number of aromatic nitrogens is 5. The number of hydrogen-bond donors (Lipinski definition) is 0. The molecule has 0 saturated carbocycles. The third kappa shape index (κ3) is 4.91. The van der Waals surface area contributed by atoms with E-state index < -0.39 is 0 Å². The van der Waals surface area contributed by atoms with E-state index in [4.69, 9.17) is 9.84 Å². The Morgan fingerprint density at radius 2 is 1.89 bits per heavy atom. The average Bonchev–Trinajstić information content (AvgIpc) is 3.64. The van der Waals surface area contributed by atoms with Gasteiger partial charge in [0.05, 0.1) is 29.6 Å². The molecule has 38 heavy (non-hydrogen) atoms. The van der Waals surface area contributed by atoms with Gasteiger partial charge in [0.25, 0.3) is 0 Å². The van der Waals surface area contributed by atoms with Crippen molar-refractivity contribution in [2.45, 2.75) is 39.7 Å². The summed E-state index contributed by atoms with van der Waals surface area (Å²) in [7, 11) is 0. The molecule has 4 aromatic heterocycles. The Balaban J connectivity index is 1.20. The van der Waals surface area contributed by atoms with E-state index in [1.165, 1.54) is 12.8 Å². The normalized spacial score (nSPS) is 14.1. The molecular weight excluding hydrogens is 476 g/mol. The van der Waals surface area contributed by atoms with Gasteiger partial charge in [0, 0.05) is 36.3 Å². The second-order valence-electron chi connectivity index (χ2n) is 10.1. The number of carbonyl (C=O) groups excluding carboxylic acids is 1. The van der Waals surface area contributed by atoms with Gasteiger partial charge >= 0.3 is 0 Å². The van der Waals surface area contributed by atoms with E-state index in [0.29, 0.717) is 24.5 Å². The minimum Gasteiger partial charge on any atom is -0.492 e. The maximum atomic E-state index is 13.4. The van der Waals surface area contributed by atoms with Crippen LogP contribution in [0.3, 0.4) is 0 Å². The number of fused-ring (bicyclic) bond motifs is 2. The molecule has 0 radical (unpaired) electrons. The maximum Gasteiger partial charge on any atom is 0.185 e. The fourth-order valence-electron chi connectivity index (χ4n) is 5.43. The van der Waals surface area contributed by atoms with Crippen molar-refractivity contribution in [1.29, 1.82) is 0 Å². The lowest BCUT2D eigenvalue weighted by atomic mass is 10.0. The summed E-state index contributed by atoms with van der Waals surface area (Å²) in [6.07, 6.45) is 6.36. The van der Waals surface area contributed by atoms with Crippen LogP contribution in [0, 0.1) is 13.8 Å². The largest absolute Gasteiger partial charge is 0.492 e. The number of aryl methyl sites for hydroxylation is 2. The van der Waals surface area contributed by atoms with Crippen molar-refractivity contribution in [3.63, 3.8) is 0 Å². The lowest BCUT2D eigenvalue weighted by Crippen LogP contribution is -2.25. The molecule has 8 heteroatoms. The highest BCUT2D eigenvalue weighted by atomic mass is 16.5. The molecule has 0 spiro atoms. The first-order valence-electron chi connectivity index (χ1n) is 13.3. The van der Waals surface area contributed by atoms with Crippen LogP contribution in [0.5, 0.6) is 5.75 Å². The monoisotopic (exact) mass is 508 g/mol. The Morgan fingerprint density at radius 1 is 1.05 bits per heavy atom. The minimum absolute atomic E-state index is 0.0141. The summed E-state index contributed by atoms with van der Waals surface area (Å²) < 4.78 is 9.78. The molecule has 0 unspecified atom stereocenters. The van der Waals surface area contributed by atoms with Crippen molar-refractivity contribution in [3.8, 4) is 5.75 Å². The molecule has 1 fully saturated rings. The molecule has 1 aliphatic heterocycles. The first-order chi connectivity index (χ1) is 18.5. The smallest absolute Gasteiger partial charge is 0.185 e. The number of imidazole rings is 1. The summed E-state index contributed by atoms with van der Waals surface area (Å²) >= 11 is 0. The Morgan fingerprint density at radius 3 is 2.74 bits per heavy atom. The van der Waals surface area contributed by atoms with Crippen molar-refractivity contribution < 1.29 is 9.53 Å². The minimum atomic E-state index is 0.0141. The summed E-state index contributed by atoms with van der Waals surface area (Å²) in [4.78, 5) is 25.0. The number of likely N-dealkylation sites (tertiary alicyclic amines) is 1. The number of hydrogen-bond acceptors (Lipinski definition) is 6. The first-order valence-corrected chi connectivity index (χ1v) is 13.3. The zero-order chi connectivity index (χ0) is 26.1. The van der Waals surface area contributed by atoms with Crippen molar-refractivity contribution in [1.82, 2.24) is 29.0 Å². The van der Waals surface area contributed by atoms with Crippen LogP contribution in [-0.4, -0.2) is 61.1 Å².